The molecule has 0 saturated heterocycles. The zero-order valence-electron chi connectivity index (χ0n) is 12.2. The molecule has 1 aliphatic carbocycles. The summed E-state index contributed by atoms with van der Waals surface area (Å²) in [6, 6.07) is 7.03. The second-order valence-corrected chi connectivity index (χ2v) is 6.30. The third-order valence-corrected chi connectivity index (χ3v) is 4.52. The Bertz CT molecular complexity index is 427. The topological polar surface area (TPSA) is 29.3 Å². The standard InChI is InChI=1S/C16H26N2/c1-12-7-8-14(13(2)10-12)18(4)11-16(3)9-5-6-15(16)17/h7-8,10,15H,5-6,9,11,17H2,1-4H3. The quantitative estimate of drug-likeness (QED) is 0.887. The maximum atomic E-state index is 6.28. The summed E-state index contributed by atoms with van der Waals surface area (Å²) >= 11 is 0. The Hall–Kier alpha value is -1.02. The van der Waals surface area contributed by atoms with Crippen molar-refractivity contribution in [3.05, 3.63) is 29.3 Å². The predicted octanol–water partition coefficient (Wildman–Crippen LogP) is 3.26. The number of benzene rings is 1. The number of anilines is 1. The first-order chi connectivity index (χ1) is 8.42. The molecule has 0 aliphatic heterocycles. The summed E-state index contributed by atoms with van der Waals surface area (Å²) in [5.41, 5.74) is 10.6. The molecule has 18 heavy (non-hydrogen) atoms. The maximum Gasteiger partial charge on any atom is 0.0393 e. The fourth-order valence-corrected chi connectivity index (χ4v) is 3.32. The van der Waals surface area contributed by atoms with Crippen LogP contribution in [0.1, 0.15) is 37.3 Å². The van der Waals surface area contributed by atoms with E-state index in [1.165, 1.54) is 36.1 Å². The predicted molar refractivity (Wildman–Crippen MR) is 79.1 cm³/mol. The molecule has 2 rings (SSSR count). The summed E-state index contributed by atoms with van der Waals surface area (Å²) in [5.74, 6) is 0. The maximum absolute atomic E-state index is 6.28. The second-order valence-electron chi connectivity index (χ2n) is 6.30. The van der Waals surface area contributed by atoms with Gasteiger partial charge in [0, 0.05) is 30.7 Å². The van der Waals surface area contributed by atoms with Crippen molar-refractivity contribution < 1.29 is 0 Å². The molecule has 0 radical (unpaired) electrons. The van der Waals surface area contributed by atoms with E-state index in [0.29, 0.717) is 6.04 Å². The first-order valence-electron chi connectivity index (χ1n) is 6.96. The van der Waals surface area contributed by atoms with Crippen LogP contribution in [-0.4, -0.2) is 19.6 Å². The fourth-order valence-electron chi connectivity index (χ4n) is 3.32. The van der Waals surface area contributed by atoms with E-state index in [-0.39, 0.29) is 5.41 Å². The summed E-state index contributed by atoms with van der Waals surface area (Å²) in [6.07, 6.45) is 3.71. The van der Waals surface area contributed by atoms with Crippen LogP contribution in [-0.2, 0) is 0 Å². The largest absolute Gasteiger partial charge is 0.374 e. The van der Waals surface area contributed by atoms with E-state index >= 15 is 0 Å². The van der Waals surface area contributed by atoms with Gasteiger partial charge in [0.15, 0.2) is 0 Å². The van der Waals surface area contributed by atoms with Gasteiger partial charge >= 0.3 is 0 Å². The van der Waals surface area contributed by atoms with E-state index in [1.807, 2.05) is 0 Å². The van der Waals surface area contributed by atoms with Crippen molar-refractivity contribution >= 4 is 5.69 Å². The molecule has 0 spiro atoms. The minimum absolute atomic E-state index is 0.270. The lowest BCUT2D eigenvalue weighted by molar-refractivity contribution is 0.301. The molecule has 2 nitrogen and oxygen atoms in total. The van der Waals surface area contributed by atoms with E-state index in [9.17, 15) is 0 Å². The normalized spacial score (nSPS) is 27.5. The molecule has 1 saturated carbocycles. The van der Waals surface area contributed by atoms with Gasteiger partial charge in [-0.05, 0) is 38.3 Å². The number of rotatable bonds is 3. The van der Waals surface area contributed by atoms with Crippen LogP contribution in [0.25, 0.3) is 0 Å². The molecule has 2 heteroatoms. The van der Waals surface area contributed by atoms with Gasteiger partial charge in [-0.25, -0.2) is 0 Å². The van der Waals surface area contributed by atoms with Gasteiger partial charge in [-0.1, -0.05) is 31.0 Å². The Labute approximate surface area is 111 Å². The van der Waals surface area contributed by atoms with Gasteiger partial charge in [-0.3, -0.25) is 0 Å². The smallest absolute Gasteiger partial charge is 0.0393 e. The number of aryl methyl sites for hydroxylation is 2. The monoisotopic (exact) mass is 246 g/mol. The third-order valence-electron chi connectivity index (χ3n) is 4.52. The zero-order valence-corrected chi connectivity index (χ0v) is 12.2. The van der Waals surface area contributed by atoms with E-state index < -0.39 is 0 Å². The molecule has 0 amide bonds. The summed E-state index contributed by atoms with van der Waals surface area (Å²) < 4.78 is 0. The van der Waals surface area contributed by atoms with Crippen molar-refractivity contribution in [1.82, 2.24) is 0 Å². The van der Waals surface area contributed by atoms with Crippen LogP contribution in [0.5, 0.6) is 0 Å². The van der Waals surface area contributed by atoms with Crippen molar-refractivity contribution in [3.63, 3.8) is 0 Å². The molecule has 0 heterocycles. The van der Waals surface area contributed by atoms with E-state index in [1.54, 1.807) is 0 Å². The molecule has 0 bridgehead atoms. The lowest BCUT2D eigenvalue weighted by atomic mass is 9.84. The van der Waals surface area contributed by atoms with Crippen LogP contribution in [0, 0.1) is 19.3 Å². The van der Waals surface area contributed by atoms with Crippen molar-refractivity contribution in [1.29, 1.82) is 0 Å². The second kappa shape index (κ2) is 4.93. The third kappa shape index (κ3) is 2.54. The van der Waals surface area contributed by atoms with Crippen LogP contribution in [0.3, 0.4) is 0 Å². The average Bonchev–Trinajstić information content (AvgIpc) is 2.58. The number of hydrogen-bond acceptors (Lipinski definition) is 2. The van der Waals surface area contributed by atoms with Crippen LogP contribution < -0.4 is 10.6 Å². The SMILES string of the molecule is Cc1ccc(N(C)CC2(C)CCCC2N)c(C)c1. The van der Waals surface area contributed by atoms with Crippen molar-refractivity contribution in [2.75, 3.05) is 18.5 Å². The molecule has 1 aromatic rings. The minimum Gasteiger partial charge on any atom is -0.374 e. The van der Waals surface area contributed by atoms with Crippen molar-refractivity contribution in [3.8, 4) is 0 Å². The molecular weight excluding hydrogens is 220 g/mol. The van der Waals surface area contributed by atoms with Crippen LogP contribution in [0.4, 0.5) is 5.69 Å². The van der Waals surface area contributed by atoms with E-state index in [2.05, 4.69) is 50.9 Å². The summed E-state index contributed by atoms with van der Waals surface area (Å²) in [4.78, 5) is 2.37. The average molecular weight is 246 g/mol. The fraction of sp³-hybridized carbons (Fsp3) is 0.625. The Morgan fingerprint density at radius 2 is 2.11 bits per heavy atom. The Morgan fingerprint density at radius 1 is 1.39 bits per heavy atom. The molecule has 1 aromatic carbocycles. The van der Waals surface area contributed by atoms with Crippen LogP contribution in [0.2, 0.25) is 0 Å². The van der Waals surface area contributed by atoms with Gasteiger partial charge < -0.3 is 10.6 Å². The summed E-state index contributed by atoms with van der Waals surface area (Å²) in [7, 11) is 2.19. The molecule has 100 valence electrons. The highest BCUT2D eigenvalue weighted by molar-refractivity contribution is 5.54. The van der Waals surface area contributed by atoms with Crippen molar-refractivity contribution in [2.45, 2.75) is 46.1 Å². The molecule has 2 atom stereocenters. The number of hydrogen-bond donors (Lipinski definition) is 1. The molecule has 2 unspecified atom stereocenters. The molecule has 1 fully saturated rings. The van der Waals surface area contributed by atoms with Gasteiger partial charge in [0.1, 0.15) is 0 Å². The van der Waals surface area contributed by atoms with Crippen LogP contribution in [0.15, 0.2) is 18.2 Å². The van der Waals surface area contributed by atoms with Crippen LogP contribution >= 0.6 is 0 Å². The summed E-state index contributed by atoms with van der Waals surface area (Å²) in [5, 5.41) is 0. The number of nitrogens with two attached hydrogens (primary N) is 1. The van der Waals surface area contributed by atoms with Gasteiger partial charge in [0.25, 0.3) is 0 Å². The highest BCUT2D eigenvalue weighted by atomic mass is 15.1. The van der Waals surface area contributed by atoms with Gasteiger partial charge in [0.2, 0.25) is 0 Å². The molecule has 2 N–H and O–H groups in total. The van der Waals surface area contributed by atoms with Gasteiger partial charge in [-0.2, -0.15) is 0 Å². The van der Waals surface area contributed by atoms with Gasteiger partial charge in [0.05, 0.1) is 0 Å². The first-order valence-corrected chi connectivity index (χ1v) is 6.96. The molecular formula is C16H26N2. The van der Waals surface area contributed by atoms with Gasteiger partial charge in [-0.15, -0.1) is 0 Å². The lowest BCUT2D eigenvalue weighted by Crippen LogP contribution is -2.43. The zero-order chi connectivity index (χ0) is 13.3. The van der Waals surface area contributed by atoms with E-state index in [0.717, 1.165) is 6.54 Å². The van der Waals surface area contributed by atoms with E-state index in [4.69, 9.17) is 5.73 Å². The summed E-state index contributed by atoms with van der Waals surface area (Å²) in [6.45, 7) is 7.73. The molecule has 0 aromatic heterocycles. The highest BCUT2D eigenvalue weighted by Crippen LogP contribution is 2.38. The number of nitrogens with zero attached hydrogens (tertiary/aromatic N) is 1. The highest BCUT2D eigenvalue weighted by Gasteiger charge is 2.37. The first kappa shape index (κ1) is 13.4. The lowest BCUT2D eigenvalue weighted by Gasteiger charge is -2.35. The minimum atomic E-state index is 0.270. The molecule has 1 aliphatic rings. The Kier molecular flexibility index (Phi) is 3.67. The Morgan fingerprint density at radius 3 is 2.67 bits per heavy atom. The Balaban J connectivity index is 2.14. The van der Waals surface area contributed by atoms with Crippen molar-refractivity contribution in [2.24, 2.45) is 11.1 Å².